The van der Waals surface area contributed by atoms with Crippen LogP contribution in [0, 0.1) is 0 Å². The van der Waals surface area contributed by atoms with E-state index in [-0.39, 0.29) is 11.4 Å². The second-order valence-electron chi connectivity index (χ2n) is 5.93. The van der Waals surface area contributed by atoms with Crippen LogP contribution < -0.4 is 14.8 Å². The molecule has 0 unspecified atom stereocenters. The van der Waals surface area contributed by atoms with Crippen molar-refractivity contribution in [2.75, 3.05) is 19.0 Å². The molecule has 2 aromatic carbocycles. The fourth-order valence-electron chi connectivity index (χ4n) is 2.37. The predicted octanol–water partition coefficient (Wildman–Crippen LogP) is 4.54. The lowest BCUT2D eigenvalue weighted by Gasteiger charge is -2.14. The third-order valence-electron chi connectivity index (χ3n) is 3.78. The quantitative estimate of drug-likeness (QED) is 0.411. The standard InChI is InChI=1S/C20H20F3NO5/c1-3-4-11-28-17-10-7-14(12-16(17)24-18(25)19(26)27-2)13-5-8-15(9-6-13)29-20(21,22)23/h5-10,12H,3-4,11H2,1-2H3,(H,24,25). The molecule has 1 N–H and O–H groups in total. The zero-order chi connectivity index (χ0) is 21.4. The van der Waals surface area contributed by atoms with Gasteiger partial charge < -0.3 is 19.5 Å². The minimum atomic E-state index is -4.77. The zero-order valence-electron chi connectivity index (χ0n) is 15.8. The number of ether oxygens (including phenoxy) is 3. The Morgan fingerprint density at radius 1 is 1.03 bits per heavy atom. The van der Waals surface area contributed by atoms with Crippen molar-refractivity contribution in [1.82, 2.24) is 0 Å². The summed E-state index contributed by atoms with van der Waals surface area (Å²) in [5.74, 6) is -2.03. The molecule has 0 atom stereocenters. The molecular weight excluding hydrogens is 391 g/mol. The number of rotatable bonds is 7. The Hall–Kier alpha value is -3.23. The third kappa shape index (κ3) is 6.70. The number of hydrogen-bond donors (Lipinski definition) is 1. The summed E-state index contributed by atoms with van der Waals surface area (Å²) in [5, 5.41) is 2.43. The normalized spacial score (nSPS) is 10.9. The molecule has 0 spiro atoms. The molecule has 0 aliphatic rings. The number of amides is 1. The van der Waals surface area contributed by atoms with E-state index in [1.54, 1.807) is 18.2 Å². The van der Waals surface area contributed by atoms with Gasteiger partial charge in [0, 0.05) is 0 Å². The maximum atomic E-state index is 12.3. The van der Waals surface area contributed by atoms with Crippen molar-refractivity contribution in [3.8, 4) is 22.6 Å². The van der Waals surface area contributed by atoms with Gasteiger partial charge in [-0.2, -0.15) is 0 Å². The van der Waals surface area contributed by atoms with Crippen LogP contribution in [-0.4, -0.2) is 32.0 Å². The van der Waals surface area contributed by atoms with Crippen LogP contribution in [0.15, 0.2) is 42.5 Å². The largest absolute Gasteiger partial charge is 0.573 e. The van der Waals surface area contributed by atoms with Crippen LogP contribution >= 0.6 is 0 Å². The van der Waals surface area contributed by atoms with Crippen LogP contribution in [-0.2, 0) is 14.3 Å². The van der Waals surface area contributed by atoms with Gasteiger partial charge in [0.25, 0.3) is 0 Å². The van der Waals surface area contributed by atoms with E-state index in [1.807, 2.05) is 6.92 Å². The monoisotopic (exact) mass is 411 g/mol. The number of methoxy groups -OCH3 is 1. The first-order valence-corrected chi connectivity index (χ1v) is 8.76. The molecule has 156 valence electrons. The van der Waals surface area contributed by atoms with Crippen molar-refractivity contribution in [2.24, 2.45) is 0 Å². The molecule has 0 fully saturated rings. The molecule has 9 heteroatoms. The van der Waals surface area contributed by atoms with Gasteiger partial charge in [0.2, 0.25) is 0 Å². The molecule has 0 bridgehead atoms. The highest BCUT2D eigenvalue weighted by atomic mass is 19.4. The van der Waals surface area contributed by atoms with E-state index in [4.69, 9.17) is 4.74 Å². The average molecular weight is 411 g/mol. The van der Waals surface area contributed by atoms with Crippen molar-refractivity contribution < 1.29 is 37.0 Å². The van der Waals surface area contributed by atoms with Crippen LogP contribution in [0.1, 0.15) is 19.8 Å². The molecule has 0 radical (unpaired) electrons. The Balaban J connectivity index is 2.29. The smallest absolute Gasteiger partial charge is 0.491 e. The summed E-state index contributed by atoms with van der Waals surface area (Å²) in [6.07, 6.45) is -3.06. The number of unbranched alkanes of at least 4 members (excludes halogenated alkanes) is 1. The lowest BCUT2D eigenvalue weighted by molar-refractivity contribution is -0.274. The molecule has 2 aromatic rings. The van der Waals surface area contributed by atoms with Crippen molar-refractivity contribution >= 4 is 17.6 Å². The van der Waals surface area contributed by atoms with E-state index in [2.05, 4.69) is 14.8 Å². The molecular formula is C20H20F3NO5. The first-order chi connectivity index (χ1) is 13.7. The Morgan fingerprint density at radius 2 is 1.69 bits per heavy atom. The third-order valence-corrected chi connectivity index (χ3v) is 3.78. The Labute approximate surface area is 165 Å². The van der Waals surface area contributed by atoms with Crippen LogP contribution in [0.4, 0.5) is 18.9 Å². The molecule has 0 aliphatic heterocycles. The van der Waals surface area contributed by atoms with Gasteiger partial charge >= 0.3 is 18.2 Å². The number of benzene rings is 2. The van der Waals surface area contributed by atoms with Crippen molar-refractivity contribution in [3.05, 3.63) is 42.5 Å². The number of esters is 1. The molecule has 0 aromatic heterocycles. The average Bonchev–Trinajstić information content (AvgIpc) is 2.68. The van der Waals surface area contributed by atoms with Gasteiger partial charge in [-0.15, -0.1) is 13.2 Å². The Bertz CT molecular complexity index is 850. The van der Waals surface area contributed by atoms with Gasteiger partial charge in [-0.1, -0.05) is 31.5 Å². The minimum Gasteiger partial charge on any atom is -0.491 e. The molecule has 0 aliphatic carbocycles. The molecule has 1 amide bonds. The Kier molecular flexibility index (Phi) is 7.46. The van der Waals surface area contributed by atoms with Crippen molar-refractivity contribution in [1.29, 1.82) is 0 Å². The first-order valence-electron chi connectivity index (χ1n) is 8.76. The lowest BCUT2D eigenvalue weighted by Crippen LogP contribution is -2.24. The summed E-state index contributed by atoms with van der Waals surface area (Å²) in [5.41, 5.74) is 1.41. The summed E-state index contributed by atoms with van der Waals surface area (Å²) >= 11 is 0. The zero-order valence-corrected chi connectivity index (χ0v) is 15.8. The Morgan fingerprint density at radius 3 is 2.28 bits per heavy atom. The van der Waals surface area contributed by atoms with Crippen LogP contribution in [0.3, 0.4) is 0 Å². The maximum absolute atomic E-state index is 12.3. The van der Waals surface area contributed by atoms with Gasteiger partial charge in [0.05, 0.1) is 19.4 Å². The van der Waals surface area contributed by atoms with Gasteiger partial charge in [0.15, 0.2) is 0 Å². The fraction of sp³-hybridized carbons (Fsp3) is 0.300. The highest BCUT2D eigenvalue weighted by Crippen LogP contribution is 2.32. The molecule has 0 heterocycles. The highest BCUT2D eigenvalue weighted by Gasteiger charge is 2.31. The number of hydrogen-bond acceptors (Lipinski definition) is 5. The summed E-state index contributed by atoms with van der Waals surface area (Å²) in [6, 6.07) is 10.1. The minimum absolute atomic E-state index is 0.240. The fourth-order valence-corrected chi connectivity index (χ4v) is 2.37. The second-order valence-corrected chi connectivity index (χ2v) is 5.93. The summed E-state index contributed by atoms with van der Waals surface area (Å²) in [4.78, 5) is 23.3. The molecule has 0 saturated carbocycles. The van der Waals surface area contributed by atoms with Gasteiger partial charge in [0.1, 0.15) is 11.5 Å². The number of carbonyl (C=O) groups excluding carboxylic acids is 2. The predicted molar refractivity (Wildman–Crippen MR) is 99.6 cm³/mol. The summed E-state index contributed by atoms with van der Waals surface area (Å²) in [6.45, 7) is 2.42. The van der Waals surface area contributed by atoms with E-state index < -0.39 is 18.2 Å². The summed E-state index contributed by atoms with van der Waals surface area (Å²) in [7, 11) is 1.08. The van der Waals surface area contributed by atoms with Gasteiger partial charge in [-0.05, 0) is 41.8 Å². The number of nitrogens with one attached hydrogen (secondary N) is 1. The second kappa shape index (κ2) is 9.81. The maximum Gasteiger partial charge on any atom is 0.573 e. The van der Waals surface area contributed by atoms with Crippen LogP contribution in [0.5, 0.6) is 11.5 Å². The molecule has 29 heavy (non-hydrogen) atoms. The number of carbonyl (C=O) groups is 2. The topological polar surface area (TPSA) is 73.9 Å². The first kappa shape index (κ1) is 22.1. The lowest BCUT2D eigenvalue weighted by atomic mass is 10.0. The molecule has 0 saturated heterocycles. The number of halogens is 3. The number of alkyl halides is 3. The van der Waals surface area contributed by atoms with Crippen LogP contribution in [0.2, 0.25) is 0 Å². The highest BCUT2D eigenvalue weighted by molar-refractivity contribution is 6.37. The van der Waals surface area contributed by atoms with Crippen LogP contribution in [0.25, 0.3) is 11.1 Å². The molecule has 6 nitrogen and oxygen atoms in total. The van der Waals surface area contributed by atoms with E-state index in [0.717, 1.165) is 20.0 Å². The van der Waals surface area contributed by atoms with Gasteiger partial charge in [-0.3, -0.25) is 4.79 Å². The number of anilines is 1. The SMILES string of the molecule is CCCCOc1ccc(-c2ccc(OC(F)(F)F)cc2)cc1NC(=O)C(=O)OC. The van der Waals surface area contributed by atoms with Gasteiger partial charge in [-0.25, -0.2) is 4.79 Å². The van der Waals surface area contributed by atoms with E-state index in [9.17, 15) is 22.8 Å². The van der Waals surface area contributed by atoms with E-state index in [1.165, 1.54) is 24.3 Å². The van der Waals surface area contributed by atoms with E-state index >= 15 is 0 Å². The van der Waals surface area contributed by atoms with Crippen molar-refractivity contribution in [2.45, 2.75) is 26.1 Å². The molecule has 2 rings (SSSR count). The van der Waals surface area contributed by atoms with E-state index in [0.29, 0.717) is 23.5 Å². The van der Waals surface area contributed by atoms with Crippen molar-refractivity contribution in [3.63, 3.8) is 0 Å². The summed E-state index contributed by atoms with van der Waals surface area (Å²) < 4.78 is 50.8.